The summed E-state index contributed by atoms with van der Waals surface area (Å²) in [6, 6.07) is 12.2. The van der Waals surface area contributed by atoms with Crippen molar-refractivity contribution < 1.29 is 19.2 Å². The average molecular weight is 316 g/mol. The Morgan fingerprint density at radius 3 is 2.13 bits per heavy atom. The number of benzene rings is 2. The number of carbonyl (C=O) groups excluding carboxylic acids is 1. The fourth-order valence-corrected chi connectivity index (χ4v) is 1.95. The molecule has 2 aromatic carbocycles. The smallest absolute Gasteiger partial charge is 0.322 e. The summed E-state index contributed by atoms with van der Waals surface area (Å²) >= 11 is 0. The zero-order chi connectivity index (χ0) is 16.8. The van der Waals surface area contributed by atoms with Crippen molar-refractivity contribution in [1.82, 2.24) is 0 Å². The molecule has 0 aliphatic rings. The van der Waals surface area contributed by atoms with E-state index in [-0.39, 0.29) is 5.69 Å². The Labute approximate surface area is 132 Å². The van der Waals surface area contributed by atoms with Crippen molar-refractivity contribution in [3.8, 4) is 11.5 Å². The number of ether oxygens (including phenoxy) is 2. The molecule has 0 aromatic heterocycles. The lowest BCUT2D eigenvalue weighted by atomic mass is 10.1. The molecule has 0 heterocycles. The summed E-state index contributed by atoms with van der Waals surface area (Å²) in [6.07, 6.45) is 0.366. The molecule has 120 valence electrons. The van der Waals surface area contributed by atoms with E-state index in [0.29, 0.717) is 17.9 Å². The molecule has 1 atom stereocenters. The third-order valence-electron chi connectivity index (χ3n) is 3.17. The predicted molar refractivity (Wildman–Crippen MR) is 83.3 cm³/mol. The van der Waals surface area contributed by atoms with Gasteiger partial charge in [0.2, 0.25) is 0 Å². The lowest BCUT2D eigenvalue weighted by Crippen LogP contribution is -2.33. The number of nitro groups is 1. The Hall–Kier alpha value is -2.93. The van der Waals surface area contributed by atoms with E-state index in [1.807, 2.05) is 0 Å². The van der Waals surface area contributed by atoms with Crippen LogP contribution in [0.5, 0.6) is 11.5 Å². The normalized spacial score (nSPS) is 11.6. The lowest BCUT2D eigenvalue weighted by Gasteiger charge is -2.10. The third-order valence-corrected chi connectivity index (χ3v) is 3.17. The molecular formula is C16H16N2O5. The third kappa shape index (κ3) is 4.52. The summed E-state index contributed by atoms with van der Waals surface area (Å²) in [7, 11) is 1.29. The molecule has 1 unspecified atom stereocenters. The number of rotatable bonds is 6. The van der Waals surface area contributed by atoms with Crippen LogP contribution in [0.4, 0.5) is 5.69 Å². The van der Waals surface area contributed by atoms with Gasteiger partial charge in [-0.3, -0.25) is 14.9 Å². The standard InChI is InChI=1S/C16H16N2O5/c1-22-16(19)15(17)10-11-2-6-13(7-3-11)23-14-8-4-12(5-9-14)18(20)21/h2-9,15H,10,17H2,1H3. The van der Waals surface area contributed by atoms with E-state index >= 15 is 0 Å². The number of esters is 1. The summed E-state index contributed by atoms with van der Waals surface area (Å²) < 4.78 is 10.2. The summed E-state index contributed by atoms with van der Waals surface area (Å²) in [5.41, 5.74) is 6.58. The maximum Gasteiger partial charge on any atom is 0.322 e. The van der Waals surface area contributed by atoms with Gasteiger partial charge in [0.05, 0.1) is 12.0 Å². The molecule has 0 aliphatic carbocycles. The molecule has 0 amide bonds. The molecule has 2 N–H and O–H groups in total. The summed E-state index contributed by atoms with van der Waals surface area (Å²) in [5, 5.41) is 10.6. The van der Waals surface area contributed by atoms with E-state index in [0.717, 1.165) is 5.56 Å². The largest absolute Gasteiger partial charge is 0.468 e. The van der Waals surface area contributed by atoms with Crippen molar-refractivity contribution in [3.63, 3.8) is 0 Å². The van der Waals surface area contributed by atoms with Crippen LogP contribution in [0.2, 0.25) is 0 Å². The van der Waals surface area contributed by atoms with Gasteiger partial charge < -0.3 is 15.2 Å². The van der Waals surface area contributed by atoms with E-state index in [9.17, 15) is 14.9 Å². The van der Waals surface area contributed by atoms with E-state index in [1.165, 1.54) is 31.4 Å². The number of nitrogens with zero attached hydrogens (tertiary/aromatic N) is 1. The van der Waals surface area contributed by atoms with Crippen LogP contribution in [0.1, 0.15) is 5.56 Å². The number of nitrogens with two attached hydrogens (primary N) is 1. The average Bonchev–Trinajstić information content (AvgIpc) is 2.56. The summed E-state index contributed by atoms with van der Waals surface area (Å²) in [6.45, 7) is 0. The van der Waals surface area contributed by atoms with Gasteiger partial charge in [-0.1, -0.05) is 12.1 Å². The topological polar surface area (TPSA) is 105 Å². The first-order valence-electron chi connectivity index (χ1n) is 6.84. The molecule has 0 saturated carbocycles. The summed E-state index contributed by atoms with van der Waals surface area (Å²) in [4.78, 5) is 21.4. The number of methoxy groups -OCH3 is 1. The van der Waals surface area contributed by atoms with E-state index in [1.54, 1.807) is 24.3 Å². The van der Waals surface area contributed by atoms with Crippen LogP contribution >= 0.6 is 0 Å². The highest BCUT2D eigenvalue weighted by Crippen LogP contribution is 2.24. The molecule has 0 bridgehead atoms. The van der Waals surface area contributed by atoms with Crippen LogP contribution in [-0.4, -0.2) is 24.0 Å². The minimum absolute atomic E-state index is 0.00416. The molecule has 0 saturated heterocycles. The number of carbonyl (C=O) groups is 1. The summed E-state index contributed by atoms with van der Waals surface area (Å²) in [5.74, 6) is 0.611. The highest BCUT2D eigenvalue weighted by Gasteiger charge is 2.14. The first-order valence-corrected chi connectivity index (χ1v) is 6.84. The molecule has 0 radical (unpaired) electrons. The second kappa shape index (κ2) is 7.37. The van der Waals surface area contributed by atoms with Crippen LogP contribution < -0.4 is 10.5 Å². The second-order valence-corrected chi connectivity index (χ2v) is 4.83. The molecule has 0 spiro atoms. The molecule has 0 aliphatic heterocycles. The Morgan fingerprint density at radius 2 is 1.65 bits per heavy atom. The van der Waals surface area contributed by atoms with Crippen LogP contribution in [0.25, 0.3) is 0 Å². The molecular weight excluding hydrogens is 300 g/mol. The Morgan fingerprint density at radius 1 is 1.13 bits per heavy atom. The molecule has 2 aromatic rings. The molecule has 7 heteroatoms. The van der Waals surface area contributed by atoms with Gasteiger partial charge in [0, 0.05) is 12.1 Å². The Bertz CT molecular complexity index is 683. The minimum atomic E-state index is -0.707. The molecule has 2 rings (SSSR count). The zero-order valence-electron chi connectivity index (χ0n) is 12.5. The van der Waals surface area contributed by atoms with Gasteiger partial charge in [0.1, 0.15) is 17.5 Å². The van der Waals surface area contributed by atoms with Gasteiger partial charge in [0.15, 0.2) is 0 Å². The molecule has 0 fully saturated rings. The van der Waals surface area contributed by atoms with E-state index in [4.69, 9.17) is 10.5 Å². The fourth-order valence-electron chi connectivity index (χ4n) is 1.95. The van der Waals surface area contributed by atoms with Crippen LogP contribution in [-0.2, 0) is 16.0 Å². The van der Waals surface area contributed by atoms with Crippen LogP contribution in [0.3, 0.4) is 0 Å². The monoisotopic (exact) mass is 316 g/mol. The van der Waals surface area contributed by atoms with Gasteiger partial charge in [-0.25, -0.2) is 0 Å². The van der Waals surface area contributed by atoms with Crippen molar-refractivity contribution in [2.24, 2.45) is 5.73 Å². The number of hydrogen-bond donors (Lipinski definition) is 1. The van der Waals surface area contributed by atoms with Gasteiger partial charge in [-0.15, -0.1) is 0 Å². The number of nitro benzene ring substituents is 1. The zero-order valence-corrected chi connectivity index (χ0v) is 12.5. The van der Waals surface area contributed by atoms with Crippen molar-refractivity contribution in [1.29, 1.82) is 0 Å². The first kappa shape index (κ1) is 16.4. The number of hydrogen-bond acceptors (Lipinski definition) is 6. The minimum Gasteiger partial charge on any atom is -0.468 e. The predicted octanol–water partition coefficient (Wildman–Crippen LogP) is 2.43. The molecule has 7 nitrogen and oxygen atoms in total. The quantitative estimate of drug-likeness (QED) is 0.498. The Kier molecular flexibility index (Phi) is 5.27. The van der Waals surface area contributed by atoms with Crippen molar-refractivity contribution in [2.45, 2.75) is 12.5 Å². The SMILES string of the molecule is COC(=O)C(N)Cc1ccc(Oc2ccc([N+](=O)[O-])cc2)cc1. The second-order valence-electron chi connectivity index (χ2n) is 4.83. The van der Waals surface area contributed by atoms with Crippen molar-refractivity contribution >= 4 is 11.7 Å². The van der Waals surface area contributed by atoms with E-state index in [2.05, 4.69) is 4.74 Å². The van der Waals surface area contributed by atoms with Crippen LogP contribution in [0.15, 0.2) is 48.5 Å². The van der Waals surface area contributed by atoms with Crippen LogP contribution in [0, 0.1) is 10.1 Å². The van der Waals surface area contributed by atoms with Gasteiger partial charge in [-0.05, 0) is 36.2 Å². The highest BCUT2D eigenvalue weighted by atomic mass is 16.6. The lowest BCUT2D eigenvalue weighted by molar-refractivity contribution is -0.384. The van der Waals surface area contributed by atoms with Crippen molar-refractivity contribution in [2.75, 3.05) is 7.11 Å². The Balaban J connectivity index is 1.99. The first-order chi connectivity index (χ1) is 11.0. The fraction of sp³-hybridized carbons (Fsp3) is 0.188. The number of non-ortho nitro benzene ring substituents is 1. The maximum absolute atomic E-state index is 11.3. The van der Waals surface area contributed by atoms with Gasteiger partial charge in [-0.2, -0.15) is 0 Å². The molecule has 23 heavy (non-hydrogen) atoms. The van der Waals surface area contributed by atoms with Gasteiger partial charge >= 0.3 is 5.97 Å². The highest BCUT2D eigenvalue weighted by molar-refractivity contribution is 5.75. The van der Waals surface area contributed by atoms with Gasteiger partial charge in [0.25, 0.3) is 5.69 Å². The maximum atomic E-state index is 11.3. The van der Waals surface area contributed by atoms with E-state index < -0.39 is 16.9 Å². The van der Waals surface area contributed by atoms with Crippen molar-refractivity contribution in [3.05, 3.63) is 64.2 Å².